The molecule has 0 spiro atoms. The van der Waals surface area contributed by atoms with E-state index in [9.17, 15) is 22.8 Å². The van der Waals surface area contributed by atoms with Gasteiger partial charge in [0.15, 0.2) is 0 Å². The number of carbonyl (C=O) groups is 2. The number of hydrogen-bond acceptors (Lipinski definition) is 6. The number of nitrogens with zero attached hydrogens (tertiary/aromatic N) is 2. The van der Waals surface area contributed by atoms with Crippen LogP contribution in [-0.2, 0) is 10.9 Å². The maximum atomic E-state index is 13.8. The van der Waals surface area contributed by atoms with Gasteiger partial charge in [0.1, 0.15) is 11.9 Å². The molecule has 1 fully saturated rings. The van der Waals surface area contributed by atoms with Crippen LogP contribution in [0.2, 0.25) is 0 Å². The van der Waals surface area contributed by atoms with Crippen LogP contribution in [0.15, 0.2) is 11.4 Å². The van der Waals surface area contributed by atoms with Gasteiger partial charge in [-0.05, 0) is 33.3 Å². The SMILES string of the molecule is CC(C)(C)NC(=O)OC1CCN(c2cc(C(F)(F)F)c3scc(C(=O)NCCCCl)c3n2)CC1. The predicted octanol–water partition coefficient (Wildman–Crippen LogP) is 5.17. The predicted molar refractivity (Wildman–Crippen MR) is 127 cm³/mol. The van der Waals surface area contributed by atoms with Gasteiger partial charge in [-0.25, -0.2) is 9.78 Å². The van der Waals surface area contributed by atoms with Crippen molar-refractivity contribution in [3.05, 3.63) is 22.6 Å². The highest BCUT2D eigenvalue weighted by Crippen LogP contribution is 2.40. The third-order valence-electron chi connectivity index (χ3n) is 5.17. The molecule has 2 aromatic heterocycles. The normalized spacial score (nSPS) is 15.4. The first-order chi connectivity index (χ1) is 15.9. The van der Waals surface area contributed by atoms with E-state index < -0.39 is 29.3 Å². The van der Waals surface area contributed by atoms with E-state index in [-0.39, 0.29) is 27.7 Å². The van der Waals surface area contributed by atoms with E-state index in [1.165, 1.54) is 5.38 Å². The van der Waals surface area contributed by atoms with Crippen molar-refractivity contribution in [2.24, 2.45) is 0 Å². The summed E-state index contributed by atoms with van der Waals surface area (Å²) in [6, 6.07) is 1.03. The number of piperidine rings is 1. The summed E-state index contributed by atoms with van der Waals surface area (Å²) >= 11 is 6.48. The van der Waals surface area contributed by atoms with Crippen LogP contribution in [0.4, 0.5) is 23.8 Å². The Kier molecular flexibility index (Phi) is 8.18. The lowest BCUT2D eigenvalue weighted by atomic mass is 10.1. The average Bonchev–Trinajstić information content (AvgIpc) is 3.15. The second-order valence-corrected chi connectivity index (χ2v) is 10.4. The number of nitrogens with one attached hydrogen (secondary N) is 2. The van der Waals surface area contributed by atoms with Gasteiger partial charge in [-0.2, -0.15) is 13.2 Å². The second-order valence-electron chi connectivity index (χ2n) is 9.12. The van der Waals surface area contributed by atoms with Crippen LogP contribution in [0, 0.1) is 0 Å². The fraction of sp³-hybridized carbons (Fsp3) is 0.591. The molecule has 0 radical (unpaired) electrons. The topological polar surface area (TPSA) is 83.6 Å². The highest BCUT2D eigenvalue weighted by Gasteiger charge is 2.36. The molecule has 2 aromatic rings. The molecule has 0 bridgehead atoms. The number of hydrogen-bond donors (Lipinski definition) is 2. The van der Waals surface area contributed by atoms with Crippen molar-refractivity contribution in [3.63, 3.8) is 0 Å². The molecule has 1 aliphatic rings. The van der Waals surface area contributed by atoms with Crippen molar-refractivity contribution in [2.75, 3.05) is 30.4 Å². The fourth-order valence-corrected chi connectivity index (χ4v) is 4.74. The van der Waals surface area contributed by atoms with Crippen molar-refractivity contribution < 1.29 is 27.5 Å². The molecule has 2 amide bonds. The Morgan fingerprint density at radius 2 is 1.94 bits per heavy atom. The number of ether oxygens (including phenoxy) is 1. The van der Waals surface area contributed by atoms with Crippen molar-refractivity contribution in [1.82, 2.24) is 15.6 Å². The van der Waals surface area contributed by atoms with Crippen molar-refractivity contribution in [2.45, 2.75) is 57.9 Å². The standard InChI is InChI=1S/C22H28ClF3N4O3S/c1-21(2,3)29-20(32)33-13-5-9-30(10-6-13)16-11-15(22(24,25)26)18-17(28-16)14(12-34-18)19(31)27-8-4-7-23/h11-13H,4-10H2,1-3H3,(H,27,31)(H,29,32). The molecule has 1 aliphatic heterocycles. The number of alkyl halides is 4. The van der Waals surface area contributed by atoms with Gasteiger partial charge in [0.25, 0.3) is 5.91 Å². The van der Waals surface area contributed by atoms with Crippen LogP contribution in [-0.4, -0.2) is 54.1 Å². The molecule has 3 heterocycles. The van der Waals surface area contributed by atoms with E-state index >= 15 is 0 Å². The summed E-state index contributed by atoms with van der Waals surface area (Å²) in [4.78, 5) is 30.7. The van der Waals surface area contributed by atoms with E-state index in [1.807, 2.05) is 20.8 Å². The number of fused-ring (bicyclic) bond motifs is 1. The Hall–Kier alpha value is -2.27. The molecular formula is C22H28ClF3N4O3S. The third kappa shape index (κ3) is 6.65. The highest BCUT2D eigenvalue weighted by atomic mass is 35.5. The minimum Gasteiger partial charge on any atom is -0.446 e. The molecule has 0 unspecified atom stereocenters. The van der Waals surface area contributed by atoms with Crippen LogP contribution < -0.4 is 15.5 Å². The van der Waals surface area contributed by atoms with Crippen LogP contribution in [0.5, 0.6) is 0 Å². The highest BCUT2D eigenvalue weighted by molar-refractivity contribution is 7.17. The lowest BCUT2D eigenvalue weighted by Gasteiger charge is -2.33. The molecule has 2 N–H and O–H groups in total. The number of rotatable bonds is 6. The zero-order valence-corrected chi connectivity index (χ0v) is 20.8. The van der Waals surface area contributed by atoms with Gasteiger partial charge in [-0.3, -0.25) is 4.79 Å². The number of amides is 2. The molecule has 0 saturated carbocycles. The first-order valence-electron chi connectivity index (χ1n) is 11.0. The molecular weight excluding hydrogens is 493 g/mol. The van der Waals surface area contributed by atoms with Crippen molar-refractivity contribution in [3.8, 4) is 0 Å². The molecule has 1 saturated heterocycles. The third-order valence-corrected chi connectivity index (χ3v) is 6.44. The molecule has 34 heavy (non-hydrogen) atoms. The summed E-state index contributed by atoms with van der Waals surface area (Å²) in [5, 5.41) is 6.80. The molecule has 7 nitrogen and oxygen atoms in total. The summed E-state index contributed by atoms with van der Waals surface area (Å²) in [7, 11) is 0. The summed E-state index contributed by atoms with van der Waals surface area (Å²) in [6.45, 7) is 6.58. The number of carbonyl (C=O) groups excluding carboxylic acids is 2. The van der Waals surface area contributed by atoms with Gasteiger partial charge in [0.05, 0.1) is 21.3 Å². The number of pyridine rings is 1. The first kappa shape index (κ1) is 26.3. The molecule has 3 rings (SSSR count). The largest absolute Gasteiger partial charge is 0.446 e. The van der Waals surface area contributed by atoms with E-state index in [0.717, 1.165) is 17.4 Å². The lowest BCUT2D eigenvalue weighted by molar-refractivity contribution is -0.136. The smallest absolute Gasteiger partial charge is 0.417 e. The second kappa shape index (κ2) is 10.6. The van der Waals surface area contributed by atoms with Gasteiger partial charge in [0, 0.05) is 49.3 Å². The maximum Gasteiger partial charge on any atom is 0.417 e. The summed E-state index contributed by atoms with van der Waals surface area (Å²) in [6.07, 6.45) is -4.00. The zero-order chi connectivity index (χ0) is 25.1. The number of alkyl carbamates (subject to hydrolysis) is 1. The van der Waals surface area contributed by atoms with Gasteiger partial charge in [0.2, 0.25) is 0 Å². The number of halogens is 4. The van der Waals surface area contributed by atoms with Gasteiger partial charge in [-0.1, -0.05) is 0 Å². The molecule has 0 aromatic carbocycles. The summed E-state index contributed by atoms with van der Waals surface area (Å²) < 4.78 is 46.9. The lowest BCUT2D eigenvalue weighted by Crippen LogP contribution is -2.44. The Bertz CT molecular complexity index is 1030. The van der Waals surface area contributed by atoms with E-state index in [1.54, 1.807) is 4.90 Å². The molecule has 12 heteroatoms. The number of anilines is 1. The van der Waals surface area contributed by atoms with Crippen LogP contribution in [0.1, 0.15) is 56.0 Å². The molecule has 0 aliphatic carbocycles. The van der Waals surface area contributed by atoms with Crippen LogP contribution >= 0.6 is 22.9 Å². The number of thiophene rings is 1. The maximum absolute atomic E-state index is 13.8. The minimum atomic E-state index is -4.60. The van der Waals surface area contributed by atoms with Gasteiger partial charge >= 0.3 is 12.3 Å². The van der Waals surface area contributed by atoms with Crippen molar-refractivity contribution in [1.29, 1.82) is 0 Å². The van der Waals surface area contributed by atoms with Gasteiger partial charge in [-0.15, -0.1) is 22.9 Å². The molecule has 0 atom stereocenters. The molecule has 188 valence electrons. The zero-order valence-electron chi connectivity index (χ0n) is 19.2. The number of aromatic nitrogens is 1. The minimum absolute atomic E-state index is 0.0288. The summed E-state index contributed by atoms with van der Waals surface area (Å²) in [5.41, 5.74) is -1.11. The fourth-order valence-electron chi connectivity index (χ4n) is 3.58. The monoisotopic (exact) mass is 520 g/mol. The van der Waals surface area contributed by atoms with Crippen LogP contribution in [0.25, 0.3) is 10.2 Å². The Labute approximate surface area is 205 Å². The Morgan fingerprint density at radius 3 is 2.53 bits per heavy atom. The van der Waals surface area contributed by atoms with Crippen molar-refractivity contribution >= 4 is 51.0 Å². The average molecular weight is 521 g/mol. The van der Waals surface area contributed by atoms with E-state index in [0.29, 0.717) is 44.8 Å². The quantitative estimate of drug-likeness (QED) is 0.406. The first-order valence-corrected chi connectivity index (χ1v) is 12.4. The Morgan fingerprint density at radius 1 is 1.26 bits per heavy atom. The van der Waals surface area contributed by atoms with E-state index in [2.05, 4.69) is 15.6 Å². The summed E-state index contributed by atoms with van der Waals surface area (Å²) in [5.74, 6) is 0.0276. The van der Waals surface area contributed by atoms with E-state index in [4.69, 9.17) is 16.3 Å². The van der Waals surface area contributed by atoms with Gasteiger partial charge < -0.3 is 20.3 Å². The Balaban J connectivity index is 1.80. The van der Waals surface area contributed by atoms with Crippen LogP contribution in [0.3, 0.4) is 0 Å².